The van der Waals surface area contributed by atoms with E-state index in [-0.39, 0.29) is 0 Å². The normalized spacial score (nSPS) is 20.3. The van der Waals surface area contributed by atoms with Crippen LogP contribution in [0, 0.1) is 11.8 Å². The Labute approximate surface area is 596 Å². The highest BCUT2D eigenvalue weighted by Crippen LogP contribution is 2.33. The molecule has 0 aromatic rings. The average molecular weight is 1360 g/mol. The highest BCUT2D eigenvalue weighted by atomic mass is 16.5. The fraction of sp³-hybridized carbons (Fsp3) is 1.00. The summed E-state index contributed by atoms with van der Waals surface area (Å²) < 4.78 is 48.3. The monoisotopic (exact) mass is 1360 g/mol. The lowest BCUT2D eigenvalue weighted by atomic mass is 9.78. The predicted molar refractivity (Wildman–Crippen MR) is 407 cm³/mol. The first-order valence-electron chi connectivity index (χ1n) is 42.7. The number of hydrogen-bond donors (Lipinski definition) is 0. The van der Waals surface area contributed by atoms with E-state index >= 15 is 0 Å². The molecule has 0 unspecified atom stereocenters. The maximum absolute atomic E-state index is 6.04. The zero-order chi connectivity index (χ0) is 67.4. The molecule has 14 nitrogen and oxygen atoms in total. The summed E-state index contributed by atoms with van der Waals surface area (Å²) in [6.45, 7) is 36.6. The van der Waals surface area contributed by atoms with Gasteiger partial charge in [-0.3, -0.25) is 19.6 Å². The van der Waals surface area contributed by atoms with Crippen molar-refractivity contribution < 1.29 is 37.9 Å². The van der Waals surface area contributed by atoms with E-state index in [0.29, 0.717) is 52.9 Å². The van der Waals surface area contributed by atoms with Crippen molar-refractivity contribution in [2.24, 2.45) is 11.8 Å². The van der Waals surface area contributed by atoms with E-state index in [0.717, 1.165) is 143 Å². The number of likely N-dealkylation sites (tertiary alicyclic amines) is 2. The van der Waals surface area contributed by atoms with Crippen LogP contribution in [0.5, 0.6) is 0 Å². The van der Waals surface area contributed by atoms with Crippen molar-refractivity contribution in [3.63, 3.8) is 0 Å². The smallest absolute Gasteiger partial charge is 0.0701 e. The minimum absolute atomic E-state index is 0.680. The highest BCUT2D eigenvalue weighted by Gasteiger charge is 2.29. The van der Waals surface area contributed by atoms with Crippen LogP contribution in [0.25, 0.3) is 0 Å². The van der Waals surface area contributed by atoms with Crippen molar-refractivity contribution in [2.75, 3.05) is 224 Å². The molecule has 0 bridgehead atoms. The van der Waals surface area contributed by atoms with Gasteiger partial charge in [0.1, 0.15) is 0 Å². The van der Waals surface area contributed by atoms with Crippen LogP contribution in [-0.2, 0) is 37.9 Å². The topological polar surface area (TPSA) is 93.3 Å². The highest BCUT2D eigenvalue weighted by molar-refractivity contribution is 4.82. The Morgan fingerprint density at radius 2 is 0.302 bits per heavy atom. The minimum atomic E-state index is 0.680. The molecule has 0 atom stereocenters. The van der Waals surface area contributed by atoms with Gasteiger partial charge in [-0.05, 0) is 141 Å². The molecule has 0 aliphatic carbocycles. The summed E-state index contributed by atoms with van der Waals surface area (Å²) in [5.41, 5.74) is 0. The Balaban J connectivity index is 0.869. The summed E-state index contributed by atoms with van der Waals surface area (Å²) in [5, 5.41) is 0. The van der Waals surface area contributed by atoms with Gasteiger partial charge >= 0.3 is 0 Å². The van der Waals surface area contributed by atoms with Gasteiger partial charge in [-0.15, -0.1) is 0 Å². The molecule has 14 heteroatoms. The molecule has 4 rings (SSSR count). The maximum atomic E-state index is 6.04. The molecule has 0 aromatic carbocycles. The van der Waals surface area contributed by atoms with E-state index in [1.165, 1.54) is 322 Å². The van der Waals surface area contributed by atoms with E-state index in [4.69, 9.17) is 37.9 Å². The second kappa shape index (κ2) is 68.8. The van der Waals surface area contributed by atoms with Crippen LogP contribution >= 0.6 is 0 Å². The van der Waals surface area contributed by atoms with Crippen molar-refractivity contribution >= 4 is 0 Å². The number of piperidine rings is 2. The van der Waals surface area contributed by atoms with E-state index in [2.05, 4.69) is 43.2 Å². The predicted octanol–water partition coefficient (Wildman–Crippen LogP) is 17.4. The second-order valence-electron chi connectivity index (χ2n) is 30.1. The number of nitrogens with zero attached hydrogens (tertiary/aromatic N) is 6. The summed E-state index contributed by atoms with van der Waals surface area (Å²) in [7, 11) is 0. The largest absolute Gasteiger partial charge is 0.378 e. The summed E-state index contributed by atoms with van der Waals surface area (Å²) in [6, 6.07) is 0. The SMILES string of the molecule is CCCCCCCCCCCCN1CCOCCOCCN(CCCCCCCCCCCCN2CCC(C3CCN(CCCCCCCCCCCCN4CCOCCOCCN(CCCCCCCCCCCC)CCOCCOCC4)CC3)CC2)CCOCCOCC1. The molecule has 4 heterocycles. The third-order valence-electron chi connectivity index (χ3n) is 21.9. The number of ether oxygens (including phenoxy) is 8. The summed E-state index contributed by atoms with van der Waals surface area (Å²) in [4.78, 5) is 15.8. The van der Waals surface area contributed by atoms with Crippen LogP contribution < -0.4 is 0 Å². The Morgan fingerprint density at radius 1 is 0.167 bits per heavy atom. The summed E-state index contributed by atoms with van der Waals surface area (Å²) >= 11 is 0. The third-order valence-corrected chi connectivity index (χ3v) is 21.9. The third kappa shape index (κ3) is 54.1. The zero-order valence-corrected chi connectivity index (χ0v) is 64.3. The molecular weight excluding hydrogens is 1200 g/mol. The van der Waals surface area contributed by atoms with E-state index in [9.17, 15) is 0 Å². The first-order valence-corrected chi connectivity index (χ1v) is 42.7. The van der Waals surface area contributed by atoms with Gasteiger partial charge < -0.3 is 47.7 Å². The lowest BCUT2D eigenvalue weighted by Gasteiger charge is -2.40. The van der Waals surface area contributed by atoms with Gasteiger partial charge in [-0.1, -0.05) is 232 Å². The first-order chi connectivity index (χ1) is 47.7. The fourth-order valence-corrected chi connectivity index (χ4v) is 15.3. The molecule has 570 valence electrons. The summed E-state index contributed by atoms with van der Waals surface area (Å²) in [5.74, 6) is 1.97. The fourth-order valence-electron chi connectivity index (χ4n) is 15.3. The van der Waals surface area contributed by atoms with E-state index < -0.39 is 0 Å². The van der Waals surface area contributed by atoms with Crippen LogP contribution in [-0.4, -0.2) is 253 Å². The van der Waals surface area contributed by atoms with Gasteiger partial charge in [0.15, 0.2) is 0 Å². The maximum Gasteiger partial charge on any atom is 0.0701 e. The van der Waals surface area contributed by atoms with Crippen LogP contribution in [0.2, 0.25) is 0 Å². The summed E-state index contributed by atoms with van der Waals surface area (Å²) in [6.07, 6.45) is 61.1. The molecular formula is C82H164N6O8. The molecule has 0 aromatic heterocycles. The molecule has 4 aliphatic rings. The zero-order valence-electron chi connectivity index (χ0n) is 64.3. The molecule has 0 spiro atoms. The van der Waals surface area contributed by atoms with Crippen LogP contribution in [0.4, 0.5) is 0 Å². The van der Waals surface area contributed by atoms with Gasteiger partial charge in [-0.25, -0.2) is 0 Å². The molecule has 0 saturated carbocycles. The van der Waals surface area contributed by atoms with Crippen molar-refractivity contribution in [2.45, 2.75) is 296 Å². The minimum Gasteiger partial charge on any atom is -0.378 e. The van der Waals surface area contributed by atoms with Gasteiger partial charge in [0, 0.05) is 52.4 Å². The number of unbranched alkanes of at least 4 members (excludes halogenated alkanes) is 36. The number of hydrogen-bond acceptors (Lipinski definition) is 14. The Bertz CT molecular complexity index is 1400. The van der Waals surface area contributed by atoms with Gasteiger partial charge in [0.2, 0.25) is 0 Å². The van der Waals surface area contributed by atoms with Gasteiger partial charge in [0.25, 0.3) is 0 Å². The Kier molecular flexibility index (Phi) is 63.0. The Morgan fingerprint density at radius 3 is 0.458 bits per heavy atom. The van der Waals surface area contributed by atoms with Gasteiger partial charge in [0.05, 0.1) is 106 Å². The van der Waals surface area contributed by atoms with Crippen molar-refractivity contribution in [1.82, 2.24) is 29.4 Å². The molecule has 4 saturated heterocycles. The molecule has 0 radical (unpaired) electrons. The quantitative estimate of drug-likeness (QED) is 0.0541. The van der Waals surface area contributed by atoms with Gasteiger partial charge in [-0.2, -0.15) is 0 Å². The van der Waals surface area contributed by atoms with Crippen molar-refractivity contribution in [1.29, 1.82) is 0 Å². The molecule has 96 heavy (non-hydrogen) atoms. The van der Waals surface area contributed by atoms with Crippen molar-refractivity contribution in [3.8, 4) is 0 Å². The van der Waals surface area contributed by atoms with Crippen molar-refractivity contribution in [3.05, 3.63) is 0 Å². The standard InChI is InChI=1S/C82H164N6O8/c1-3-5-7-9-11-13-19-27-33-39-49-85-57-65-89-73-77-93-69-61-87(62-70-94-78-74-90-66-58-85)51-41-35-29-23-17-15-21-25-31-37-47-83-53-43-81(44-54-83)82-45-55-84(56-46-82)48-38-32-26-22-16-18-24-30-36-42-52-88-63-71-95-79-75-91-67-59-86(60-68-92-76-80-96-72-64-88)50-40-34-28-20-14-12-10-8-6-4-2/h81-82H,3-80H2,1-2H3. The molecule has 4 aliphatic heterocycles. The van der Waals surface area contributed by atoms with Crippen LogP contribution in [0.3, 0.4) is 0 Å². The van der Waals surface area contributed by atoms with E-state index in [1.54, 1.807) is 0 Å². The lowest BCUT2D eigenvalue weighted by Crippen LogP contribution is -2.41. The Hall–Kier alpha value is -0.560. The molecule has 0 N–H and O–H groups in total. The molecule has 0 amide bonds. The van der Waals surface area contributed by atoms with E-state index in [1.807, 2.05) is 0 Å². The first kappa shape index (κ1) is 87.8. The average Bonchev–Trinajstić information content (AvgIpc) is 1.70. The second-order valence-corrected chi connectivity index (χ2v) is 30.1. The number of rotatable bonds is 49. The lowest BCUT2D eigenvalue weighted by molar-refractivity contribution is 0.00776. The molecule has 4 fully saturated rings. The van der Waals surface area contributed by atoms with Crippen LogP contribution in [0.1, 0.15) is 296 Å². The van der Waals surface area contributed by atoms with Crippen LogP contribution in [0.15, 0.2) is 0 Å².